The van der Waals surface area contributed by atoms with Crippen LogP contribution < -0.4 is 4.74 Å². The van der Waals surface area contributed by atoms with Crippen LogP contribution in [0.15, 0.2) is 24.3 Å². The maximum Gasteiger partial charge on any atom is 0.313 e. The highest BCUT2D eigenvalue weighted by Gasteiger charge is 2.43. The van der Waals surface area contributed by atoms with Crippen molar-refractivity contribution in [1.29, 1.82) is 0 Å². The van der Waals surface area contributed by atoms with Gasteiger partial charge in [0.15, 0.2) is 6.61 Å². The molecular weight excluding hydrogens is 322 g/mol. The predicted octanol–water partition coefficient (Wildman–Crippen LogP) is 2.06. The summed E-state index contributed by atoms with van der Waals surface area (Å²) in [4.78, 5) is 25.4. The second kappa shape index (κ2) is 7.66. The van der Waals surface area contributed by atoms with Crippen LogP contribution in [-0.4, -0.2) is 55.3 Å². The Morgan fingerprint density at radius 3 is 2.78 bits per heavy atom. The highest BCUT2D eigenvalue weighted by Crippen LogP contribution is 2.31. The molecule has 2 rings (SSSR count). The van der Waals surface area contributed by atoms with Crippen molar-refractivity contribution in [1.82, 2.24) is 4.90 Å². The van der Waals surface area contributed by atoms with E-state index in [2.05, 4.69) is 0 Å². The molecule has 1 aromatic rings. The molecule has 126 valence electrons. The number of benzene rings is 1. The second-order valence-corrected chi connectivity index (χ2v) is 6.06. The number of piperidine rings is 1. The van der Waals surface area contributed by atoms with Gasteiger partial charge < -0.3 is 19.5 Å². The molecule has 0 aliphatic carbocycles. The van der Waals surface area contributed by atoms with Crippen molar-refractivity contribution in [2.24, 2.45) is 5.41 Å². The summed E-state index contributed by atoms with van der Waals surface area (Å²) in [6.07, 6.45) is 1.11. The number of methoxy groups -OCH3 is 1. The Balaban J connectivity index is 1.99. The van der Waals surface area contributed by atoms with Gasteiger partial charge in [-0.05, 0) is 25.0 Å². The van der Waals surface area contributed by atoms with E-state index in [0.29, 0.717) is 30.2 Å². The Kier molecular flexibility index (Phi) is 5.85. The van der Waals surface area contributed by atoms with E-state index >= 15 is 0 Å². The quantitative estimate of drug-likeness (QED) is 0.857. The molecule has 1 N–H and O–H groups in total. The van der Waals surface area contributed by atoms with Crippen LogP contribution in [-0.2, 0) is 14.3 Å². The summed E-state index contributed by atoms with van der Waals surface area (Å²) in [5.41, 5.74) is -1.05. The minimum atomic E-state index is -1.05. The number of ether oxygens (including phenoxy) is 2. The summed E-state index contributed by atoms with van der Waals surface area (Å²) in [5, 5.41) is 9.93. The van der Waals surface area contributed by atoms with Gasteiger partial charge in [-0.2, -0.15) is 0 Å². The standard InChI is InChI=1S/C16H20ClNO5/c1-22-11-16(15(20)21)7-4-8-18(10-16)14(19)9-23-13-6-3-2-5-12(13)17/h2-3,5-6H,4,7-11H2,1H3,(H,20,21). The number of carboxylic acids is 1. The number of hydrogen-bond donors (Lipinski definition) is 1. The van der Waals surface area contributed by atoms with Gasteiger partial charge >= 0.3 is 5.97 Å². The zero-order valence-electron chi connectivity index (χ0n) is 13.0. The lowest BCUT2D eigenvalue weighted by atomic mass is 9.80. The number of amides is 1. The molecule has 0 bridgehead atoms. The van der Waals surface area contributed by atoms with Crippen LogP contribution >= 0.6 is 11.6 Å². The fourth-order valence-electron chi connectivity index (χ4n) is 2.77. The summed E-state index contributed by atoms with van der Waals surface area (Å²) >= 11 is 5.98. The lowest BCUT2D eigenvalue weighted by Gasteiger charge is -2.39. The fourth-order valence-corrected chi connectivity index (χ4v) is 2.96. The smallest absolute Gasteiger partial charge is 0.313 e. The van der Waals surface area contributed by atoms with Gasteiger partial charge in [-0.1, -0.05) is 23.7 Å². The average molecular weight is 342 g/mol. The van der Waals surface area contributed by atoms with Gasteiger partial charge in [0.05, 0.1) is 11.6 Å². The van der Waals surface area contributed by atoms with E-state index in [1.54, 1.807) is 24.3 Å². The molecule has 0 saturated carbocycles. The summed E-state index contributed by atoms with van der Waals surface area (Å²) in [6, 6.07) is 6.89. The number of carboxylic acid groups (broad SMARTS) is 1. The Bertz CT molecular complexity index is 575. The van der Waals surface area contributed by atoms with Gasteiger partial charge in [-0.15, -0.1) is 0 Å². The van der Waals surface area contributed by atoms with Crippen molar-refractivity contribution < 1.29 is 24.2 Å². The summed E-state index contributed by atoms with van der Waals surface area (Å²) in [7, 11) is 1.46. The molecule has 23 heavy (non-hydrogen) atoms. The van der Waals surface area contributed by atoms with Gasteiger partial charge in [0.2, 0.25) is 0 Å². The van der Waals surface area contributed by atoms with Crippen molar-refractivity contribution in [2.75, 3.05) is 33.4 Å². The Morgan fingerprint density at radius 2 is 2.13 bits per heavy atom. The number of hydrogen-bond acceptors (Lipinski definition) is 4. The number of likely N-dealkylation sites (tertiary alicyclic amines) is 1. The predicted molar refractivity (Wildman–Crippen MR) is 84.7 cm³/mol. The number of halogens is 1. The summed E-state index contributed by atoms with van der Waals surface area (Å²) in [6.45, 7) is 0.550. The highest BCUT2D eigenvalue weighted by atomic mass is 35.5. The van der Waals surface area contributed by atoms with Crippen molar-refractivity contribution in [3.05, 3.63) is 29.3 Å². The molecule has 1 fully saturated rings. The van der Waals surface area contributed by atoms with Crippen LogP contribution in [0.3, 0.4) is 0 Å². The number of carbonyl (C=O) groups is 2. The van der Waals surface area contributed by atoms with Crippen LogP contribution in [0.1, 0.15) is 12.8 Å². The third-order valence-electron chi connectivity index (χ3n) is 3.99. The monoisotopic (exact) mass is 341 g/mol. The maximum atomic E-state index is 12.3. The van der Waals surface area contributed by atoms with Crippen molar-refractivity contribution in [3.8, 4) is 5.75 Å². The lowest BCUT2D eigenvalue weighted by molar-refractivity contribution is -0.159. The Morgan fingerprint density at radius 1 is 1.39 bits per heavy atom. The first-order chi connectivity index (χ1) is 11.0. The van der Waals surface area contributed by atoms with Crippen molar-refractivity contribution in [3.63, 3.8) is 0 Å². The first kappa shape index (κ1) is 17.6. The minimum absolute atomic E-state index is 0.0808. The van der Waals surface area contributed by atoms with E-state index in [1.165, 1.54) is 12.0 Å². The van der Waals surface area contributed by atoms with Crippen molar-refractivity contribution >= 4 is 23.5 Å². The van der Waals surface area contributed by atoms with Crippen molar-refractivity contribution in [2.45, 2.75) is 12.8 Å². The van der Waals surface area contributed by atoms with E-state index in [1.807, 2.05) is 0 Å². The molecule has 7 heteroatoms. The second-order valence-electron chi connectivity index (χ2n) is 5.66. The molecular formula is C16H20ClNO5. The molecule has 0 spiro atoms. The third kappa shape index (κ3) is 4.14. The number of nitrogens with zero attached hydrogens (tertiary/aromatic N) is 1. The summed E-state index contributed by atoms with van der Waals surface area (Å²) in [5.74, 6) is -0.767. The highest BCUT2D eigenvalue weighted by molar-refractivity contribution is 6.32. The molecule has 1 unspecified atom stereocenters. The molecule has 1 aromatic carbocycles. The zero-order valence-corrected chi connectivity index (χ0v) is 13.7. The molecule has 1 aliphatic heterocycles. The van der Waals surface area contributed by atoms with E-state index in [-0.39, 0.29) is 25.7 Å². The van der Waals surface area contributed by atoms with Crippen LogP contribution in [0.25, 0.3) is 0 Å². The minimum Gasteiger partial charge on any atom is -0.482 e. The number of aliphatic carboxylic acids is 1. The maximum absolute atomic E-state index is 12.3. The molecule has 1 aliphatic rings. The average Bonchev–Trinajstić information content (AvgIpc) is 2.54. The SMILES string of the molecule is COCC1(C(=O)O)CCCN(C(=O)COc2ccccc2Cl)C1. The Labute approximate surface area is 139 Å². The first-order valence-corrected chi connectivity index (χ1v) is 7.74. The normalized spacial score (nSPS) is 21.0. The molecule has 0 radical (unpaired) electrons. The van der Waals surface area contributed by atoms with E-state index in [9.17, 15) is 14.7 Å². The van der Waals surface area contributed by atoms with Gasteiger partial charge in [0, 0.05) is 20.2 Å². The van der Waals surface area contributed by atoms with Crippen LogP contribution in [0.4, 0.5) is 0 Å². The largest absolute Gasteiger partial charge is 0.482 e. The fraction of sp³-hybridized carbons (Fsp3) is 0.500. The van der Waals surface area contributed by atoms with Crippen LogP contribution in [0, 0.1) is 5.41 Å². The van der Waals surface area contributed by atoms with Crippen LogP contribution in [0.2, 0.25) is 5.02 Å². The molecule has 1 atom stereocenters. The number of para-hydroxylation sites is 1. The molecule has 1 amide bonds. The van der Waals surface area contributed by atoms with E-state index in [4.69, 9.17) is 21.1 Å². The molecule has 0 aromatic heterocycles. The number of rotatable bonds is 6. The van der Waals surface area contributed by atoms with Gasteiger partial charge in [0.1, 0.15) is 11.2 Å². The topological polar surface area (TPSA) is 76.1 Å². The number of carbonyl (C=O) groups excluding carboxylic acids is 1. The van der Waals surface area contributed by atoms with Crippen LogP contribution in [0.5, 0.6) is 5.75 Å². The Hall–Kier alpha value is -1.79. The molecule has 6 nitrogen and oxygen atoms in total. The molecule has 1 heterocycles. The van der Waals surface area contributed by atoms with Gasteiger partial charge in [-0.25, -0.2) is 0 Å². The third-order valence-corrected chi connectivity index (χ3v) is 4.30. The lowest BCUT2D eigenvalue weighted by Crippen LogP contribution is -2.53. The summed E-state index contributed by atoms with van der Waals surface area (Å²) < 4.78 is 10.5. The van der Waals surface area contributed by atoms with E-state index < -0.39 is 11.4 Å². The van der Waals surface area contributed by atoms with Gasteiger partial charge in [-0.3, -0.25) is 9.59 Å². The molecule has 1 saturated heterocycles. The van der Waals surface area contributed by atoms with Gasteiger partial charge in [0.25, 0.3) is 5.91 Å². The van der Waals surface area contributed by atoms with E-state index in [0.717, 1.165) is 0 Å². The zero-order chi connectivity index (χ0) is 16.9. The first-order valence-electron chi connectivity index (χ1n) is 7.36.